The van der Waals surface area contributed by atoms with Gasteiger partial charge in [0, 0.05) is 11.9 Å². The Morgan fingerprint density at radius 1 is 1.00 bits per heavy atom. The third-order valence-electron chi connectivity index (χ3n) is 3.49. The van der Waals surface area contributed by atoms with Gasteiger partial charge in [0.2, 0.25) is 0 Å². The summed E-state index contributed by atoms with van der Waals surface area (Å²) < 4.78 is 0. The zero-order chi connectivity index (χ0) is 13.7. The number of nitrogens with zero attached hydrogens (tertiary/aromatic N) is 1. The second-order valence-corrected chi connectivity index (χ2v) is 4.78. The average molecular weight is 254 g/mol. The van der Waals surface area contributed by atoms with E-state index in [-0.39, 0.29) is 6.04 Å². The van der Waals surface area contributed by atoms with E-state index >= 15 is 0 Å². The molecule has 1 aromatic heterocycles. The van der Waals surface area contributed by atoms with E-state index in [1.54, 1.807) is 0 Å². The maximum Gasteiger partial charge on any atom is 0.0657 e. The summed E-state index contributed by atoms with van der Waals surface area (Å²) in [4.78, 5) is 4.42. The highest BCUT2D eigenvalue weighted by Crippen LogP contribution is 2.26. The monoisotopic (exact) mass is 254 g/mol. The minimum Gasteiger partial charge on any atom is -0.377 e. The fraction of sp³-hybridized carbons (Fsp3) is 0.353. The molecular weight excluding hydrogens is 232 g/mol. The van der Waals surface area contributed by atoms with Crippen LogP contribution < -0.4 is 5.32 Å². The molecule has 1 unspecified atom stereocenters. The molecule has 0 saturated carbocycles. The molecule has 1 atom stereocenters. The Bertz CT molecular complexity index is 498. The van der Waals surface area contributed by atoms with Crippen molar-refractivity contribution in [2.75, 3.05) is 5.32 Å². The SMILES string of the molecule is CCc1cccc(CC)c1NC(C)c1ccccn1. The molecule has 0 radical (unpaired) electrons. The van der Waals surface area contributed by atoms with Crippen LogP contribution in [0.4, 0.5) is 5.69 Å². The number of nitrogens with one attached hydrogen (secondary N) is 1. The molecule has 0 spiro atoms. The first-order chi connectivity index (χ1) is 9.26. The fourth-order valence-corrected chi connectivity index (χ4v) is 2.35. The third-order valence-corrected chi connectivity index (χ3v) is 3.49. The number of pyridine rings is 1. The van der Waals surface area contributed by atoms with E-state index in [4.69, 9.17) is 0 Å². The number of aromatic nitrogens is 1. The highest BCUT2D eigenvalue weighted by Gasteiger charge is 2.11. The van der Waals surface area contributed by atoms with Crippen LogP contribution in [-0.4, -0.2) is 4.98 Å². The molecule has 2 nitrogen and oxygen atoms in total. The molecule has 2 heteroatoms. The maximum absolute atomic E-state index is 4.42. The van der Waals surface area contributed by atoms with Crippen LogP contribution in [0.2, 0.25) is 0 Å². The molecule has 0 aliphatic rings. The molecule has 0 saturated heterocycles. The Balaban J connectivity index is 2.27. The topological polar surface area (TPSA) is 24.9 Å². The van der Waals surface area contributed by atoms with Gasteiger partial charge in [-0.25, -0.2) is 0 Å². The molecule has 0 aliphatic heterocycles. The molecule has 1 N–H and O–H groups in total. The number of benzene rings is 1. The Morgan fingerprint density at radius 3 is 2.21 bits per heavy atom. The number of aryl methyl sites for hydroxylation is 2. The van der Waals surface area contributed by atoms with Crippen molar-refractivity contribution in [1.82, 2.24) is 4.98 Å². The minimum atomic E-state index is 0.221. The van der Waals surface area contributed by atoms with Gasteiger partial charge in [0.25, 0.3) is 0 Å². The molecule has 0 aliphatic carbocycles. The van der Waals surface area contributed by atoms with E-state index in [1.807, 2.05) is 18.3 Å². The van der Waals surface area contributed by atoms with Crippen molar-refractivity contribution in [2.24, 2.45) is 0 Å². The van der Waals surface area contributed by atoms with Gasteiger partial charge in [-0.15, -0.1) is 0 Å². The van der Waals surface area contributed by atoms with Gasteiger partial charge in [-0.3, -0.25) is 4.98 Å². The Kier molecular flexibility index (Phi) is 4.56. The summed E-state index contributed by atoms with van der Waals surface area (Å²) >= 11 is 0. The van der Waals surface area contributed by atoms with Crippen molar-refractivity contribution >= 4 is 5.69 Å². The number of rotatable bonds is 5. The summed E-state index contributed by atoms with van der Waals surface area (Å²) in [6.45, 7) is 6.56. The van der Waals surface area contributed by atoms with E-state index in [9.17, 15) is 0 Å². The van der Waals surface area contributed by atoms with Crippen LogP contribution in [0, 0.1) is 0 Å². The molecule has 0 fully saturated rings. The molecular formula is C17H22N2. The third kappa shape index (κ3) is 3.14. The molecule has 0 bridgehead atoms. The molecule has 0 amide bonds. The van der Waals surface area contributed by atoms with Crippen molar-refractivity contribution < 1.29 is 0 Å². The summed E-state index contributed by atoms with van der Waals surface area (Å²) in [5.74, 6) is 0. The van der Waals surface area contributed by atoms with Crippen LogP contribution in [0.15, 0.2) is 42.6 Å². The summed E-state index contributed by atoms with van der Waals surface area (Å²) in [5.41, 5.74) is 5.12. The van der Waals surface area contributed by atoms with E-state index in [2.05, 4.69) is 55.3 Å². The van der Waals surface area contributed by atoms with Gasteiger partial charge < -0.3 is 5.32 Å². The zero-order valence-corrected chi connectivity index (χ0v) is 12.0. The minimum absolute atomic E-state index is 0.221. The Labute approximate surface area is 115 Å². The van der Waals surface area contributed by atoms with Gasteiger partial charge in [-0.05, 0) is 43.0 Å². The Hall–Kier alpha value is -1.83. The first kappa shape index (κ1) is 13.6. The smallest absolute Gasteiger partial charge is 0.0657 e. The lowest BCUT2D eigenvalue weighted by atomic mass is 10.0. The van der Waals surface area contributed by atoms with E-state index in [1.165, 1.54) is 16.8 Å². The van der Waals surface area contributed by atoms with E-state index in [0.29, 0.717) is 0 Å². The highest BCUT2D eigenvalue weighted by atomic mass is 14.9. The van der Waals surface area contributed by atoms with Gasteiger partial charge in [-0.1, -0.05) is 38.1 Å². The second kappa shape index (κ2) is 6.37. The normalized spacial score (nSPS) is 12.2. The van der Waals surface area contributed by atoms with Gasteiger partial charge >= 0.3 is 0 Å². The van der Waals surface area contributed by atoms with Gasteiger partial charge in [-0.2, -0.15) is 0 Å². The van der Waals surface area contributed by atoms with E-state index in [0.717, 1.165) is 18.5 Å². The van der Waals surface area contributed by atoms with Gasteiger partial charge in [0.1, 0.15) is 0 Å². The molecule has 100 valence electrons. The summed E-state index contributed by atoms with van der Waals surface area (Å²) in [6, 6.07) is 12.8. The van der Waals surface area contributed by atoms with Crippen LogP contribution in [0.25, 0.3) is 0 Å². The van der Waals surface area contributed by atoms with Crippen molar-refractivity contribution in [3.63, 3.8) is 0 Å². The van der Waals surface area contributed by atoms with Gasteiger partial charge in [0.05, 0.1) is 11.7 Å². The van der Waals surface area contributed by atoms with Crippen molar-refractivity contribution in [1.29, 1.82) is 0 Å². The average Bonchev–Trinajstić information content (AvgIpc) is 2.48. The largest absolute Gasteiger partial charge is 0.377 e. The van der Waals surface area contributed by atoms with Crippen LogP contribution in [0.5, 0.6) is 0 Å². The lowest BCUT2D eigenvalue weighted by molar-refractivity contribution is 0.832. The predicted molar refractivity (Wildman–Crippen MR) is 81.5 cm³/mol. The van der Waals surface area contributed by atoms with Crippen molar-refractivity contribution in [3.8, 4) is 0 Å². The van der Waals surface area contributed by atoms with Crippen LogP contribution in [0.1, 0.15) is 43.6 Å². The lowest BCUT2D eigenvalue weighted by Gasteiger charge is -2.20. The first-order valence-corrected chi connectivity index (χ1v) is 7.04. The zero-order valence-electron chi connectivity index (χ0n) is 12.0. The lowest BCUT2D eigenvalue weighted by Crippen LogP contribution is -2.11. The summed E-state index contributed by atoms with van der Waals surface area (Å²) in [6.07, 6.45) is 3.94. The van der Waals surface area contributed by atoms with Crippen LogP contribution in [-0.2, 0) is 12.8 Å². The first-order valence-electron chi connectivity index (χ1n) is 7.04. The predicted octanol–water partition coefficient (Wildman–Crippen LogP) is 4.38. The number of hydrogen-bond acceptors (Lipinski definition) is 2. The number of hydrogen-bond donors (Lipinski definition) is 1. The molecule has 19 heavy (non-hydrogen) atoms. The molecule has 1 heterocycles. The standard InChI is InChI=1S/C17H22N2/c1-4-14-9-8-10-15(5-2)17(14)19-13(3)16-11-6-7-12-18-16/h6-13,19H,4-5H2,1-3H3. The van der Waals surface area contributed by atoms with Crippen LogP contribution in [0.3, 0.4) is 0 Å². The van der Waals surface area contributed by atoms with E-state index < -0.39 is 0 Å². The van der Waals surface area contributed by atoms with Crippen LogP contribution >= 0.6 is 0 Å². The molecule has 1 aromatic carbocycles. The maximum atomic E-state index is 4.42. The summed E-state index contributed by atoms with van der Waals surface area (Å²) in [5, 5.41) is 3.63. The fourth-order valence-electron chi connectivity index (χ4n) is 2.35. The molecule has 2 rings (SSSR count). The quantitative estimate of drug-likeness (QED) is 0.856. The second-order valence-electron chi connectivity index (χ2n) is 4.78. The Morgan fingerprint density at radius 2 is 1.68 bits per heavy atom. The summed E-state index contributed by atoms with van der Waals surface area (Å²) in [7, 11) is 0. The molecule has 2 aromatic rings. The van der Waals surface area contributed by atoms with Crippen molar-refractivity contribution in [3.05, 3.63) is 59.4 Å². The number of para-hydroxylation sites is 1. The van der Waals surface area contributed by atoms with Gasteiger partial charge in [0.15, 0.2) is 0 Å². The highest BCUT2D eigenvalue weighted by molar-refractivity contribution is 5.58. The van der Waals surface area contributed by atoms with Crippen molar-refractivity contribution in [2.45, 2.75) is 39.7 Å². The number of anilines is 1.